The van der Waals surface area contributed by atoms with Crippen molar-refractivity contribution in [1.82, 2.24) is 0 Å². The molecule has 0 aliphatic rings. The largest absolute Gasteiger partial charge is 0.435 e. The van der Waals surface area contributed by atoms with Crippen LogP contribution in [0, 0.1) is 0 Å². The van der Waals surface area contributed by atoms with Gasteiger partial charge in [0.2, 0.25) is 0 Å². The van der Waals surface area contributed by atoms with Crippen LogP contribution in [0.2, 0.25) is 0 Å². The van der Waals surface area contributed by atoms with Crippen LogP contribution in [0.5, 0.6) is 0 Å². The van der Waals surface area contributed by atoms with Gasteiger partial charge in [0.05, 0.1) is 6.26 Å². The van der Waals surface area contributed by atoms with Gasteiger partial charge in [0, 0.05) is 6.92 Å². The molecule has 2 nitrogen and oxygen atoms in total. The van der Waals surface area contributed by atoms with Crippen LogP contribution in [0.1, 0.15) is 26.2 Å². The van der Waals surface area contributed by atoms with Gasteiger partial charge >= 0.3 is 5.97 Å². The van der Waals surface area contributed by atoms with Gasteiger partial charge in [-0.3, -0.25) is 4.79 Å². The minimum absolute atomic E-state index is 0.273. The third kappa shape index (κ3) is 8.95. The van der Waals surface area contributed by atoms with Crippen LogP contribution in [-0.2, 0) is 9.53 Å². The lowest BCUT2D eigenvalue weighted by Crippen LogP contribution is -1.88. The van der Waals surface area contributed by atoms with E-state index in [9.17, 15) is 4.79 Å². The van der Waals surface area contributed by atoms with Gasteiger partial charge in [-0.25, -0.2) is 0 Å². The predicted molar refractivity (Wildman–Crippen MR) is 45.0 cm³/mol. The maximum Gasteiger partial charge on any atom is 0.307 e. The molecule has 0 aliphatic carbocycles. The topological polar surface area (TPSA) is 26.3 Å². The molecule has 0 unspecified atom stereocenters. The second-order valence-electron chi connectivity index (χ2n) is 2.20. The molecule has 0 N–H and O–H groups in total. The molecule has 0 fully saturated rings. The van der Waals surface area contributed by atoms with Crippen LogP contribution < -0.4 is 0 Å². The first-order chi connectivity index (χ1) is 5.27. The molecule has 0 bridgehead atoms. The van der Waals surface area contributed by atoms with Gasteiger partial charge in [-0.2, -0.15) is 0 Å². The number of carbonyl (C=O) groups excluding carboxylic acids is 1. The molecule has 0 amide bonds. The summed E-state index contributed by atoms with van der Waals surface area (Å²) in [5, 5.41) is 0. The van der Waals surface area contributed by atoms with Crippen molar-refractivity contribution in [2.24, 2.45) is 0 Å². The summed E-state index contributed by atoms with van der Waals surface area (Å²) in [6.45, 7) is 4.98. The number of hydrogen-bond donors (Lipinski definition) is 0. The van der Waals surface area contributed by atoms with E-state index >= 15 is 0 Å². The number of allylic oxidation sites excluding steroid dienone is 2. The lowest BCUT2D eigenvalue weighted by atomic mass is 10.2. The summed E-state index contributed by atoms with van der Waals surface area (Å²) < 4.78 is 4.58. The normalized spacial score (nSPS) is 9.91. The molecule has 0 aromatic rings. The Bertz CT molecular complexity index is 148. The fourth-order valence-electron chi connectivity index (χ4n) is 0.592. The van der Waals surface area contributed by atoms with Gasteiger partial charge in [0.25, 0.3) is 0 Å². The lowest BCUT2D eigenvalue weighted by molar-refractivity contribution is -0.135. The Hall–Kier alpha value is -1.05. The molecule has 0 aromatic carbocycles. The summed E-state index contributed by atoms with van der Waals surface area (Å²) in [6, 6.07) is 0. The summed E-state index contributed by atoms with van der Waals surface area (Å²) >= 11 is 0. The van der Waals surface area contributed by atoms with Crippen molar-refractivity contribution in [3.05, 3.63) is 25.0 Å². The highest BCUT2D eigenvalue weighted by molar-refractivity contribution is 5.66. The summed E-state index contributed by atoms with van der Waals surface area (Å²) in [6.07, 6.45) is 8.14. The summed E-state index contributed by atoms with van der Waals surface area (Å²) in [5.41, 5.74) is 0. The standard InChI is InChI=1S/C9H14O2/c1-3-4-5-6-7-8-11-9(2)10/h3,7-8H,1,4-6H2,2H3. The summed E-state index contributed by atoms with van der Waals surface area (Å²) in [5.74, 6) is -0.273. The van der Waals surface area contributed by atoms with Crippen molar-refractivity contribution in [3.8, 4) is 0 Å². The van der Waals surface area contributed by atoms with Crippen molar-refractivity contribution in [2.75, 3.05) is 0 Å². The Morgan fingerprint density at radius 2 is 2.27 bits per heavy atom. The molecule has 62 valence electrons. The number of hydrogen-bond acceptors (Lipinski definition) is 2. The molecule has 0 aromatic heterocycles. The molecule has 0 saturated carbocycles. The van der Waals surface area contributed by atoms with Crippen LogP contribution in [0.4, 0.5) is 0 Å². The average Bonchev–Trinajstić information content (AvgIpc) is 1.96. The van der Waals surface area contributed by atoms with Crippen molar-refractivity contribution >= 4 is 5.97 Å². The molecular weight excluding hydrogens is 140 g/mol. The molecule has 0 aliphatic heterocycles. The number of esters is 1. The van der Waals surface area contributed by atoms with E-state index in [2.05, 4.69) is 11.3 Å². The van der Waals surface area contributed by atoms with Crippen LogP contribution in [0.3, 0.4) is 0 Å². The molecule has 0 radical (unpaired) electrons. The lowest BCUT2D eigenvalue weighted by Gasteiger charge is -1.90. The molecule has 0 heterocycles. The van der Waals surface area contributed by atoms with Gasteiger partial charge in [-0.05, 0) is 25.3 Å². The van der Waals surface area contributed by atoms with Crippen LogP contribution in [0.15, 0.2) is 25.0 Å². The SMILES string of the molecule is C=CCCCC=COC(C)=O. The van der Waals surface area contributed by atoms with E-state index < -0.39 is 0 Å². The molecular formula is C9H14O2. The van der Waals surface area contributed by atoms with E-state index in [-0.39, 0.29) is 5.97 Å². The minimum atomic E-state index is -0.273. The average molecular weight is 154 g/mol. The van der Waals surface area contributed by atoms with Crippen LogP contribution >= 0.6 is 0 Å². The van der Waals surface area contributed by atoms with Gasteiger partial charge in [-0.1, -0.05) is 6.08 Å². The Balaban J connectivity index is 3.16. The number of rotatable bonds is 5. The van der Waals surface area contributed by atoms with E-state index in [0.717, 1.165) is 19.3 Å². The summed E-state index contributed by atoms with van der Waals surface area (Å²) in [4.78, 5) is 10.2. The molecule has 0 spiro atoms. The summed E-state index contributed by atoms with van der Waals surface area (Å²) in [7, 11) is 0. The Kier molecular flexibility index (Phi) is 6.39. The fraction of sp³-hybridized carbons (Fsp3) is 0.444. The second kappa shape index (κ2) is 7.06. The highest BCUT2D eigenvalue weighted by atomic mass is 16.5. The number of carbonyl (C=O) groups is 1. The van der Waals surface area contributed by atoms with Gasteiger partial charge < -0.3 is 4.74 Å². The van der Waals surface area contributed by atoms with Crippen molar-refractivity contribution in [3.63, 3.8) is 0 Å². The Morgan fingerprint density at radius 1 is 1.55 bits per heavy atom. The van der Waals surface area contributed by atoms with E-state index in [1.54, 1.807) is 0 Å². The van der Waals surface area contributed by atoms with E-state index in [1.165, 1.54) is 13.2 Å². The Labute approximate surface area is 67.6 Å². The molecule has 0 atom stereocenters. The predicted octanol–water partition coefficient (Wildman–Crippen LogP) is 2.42. The highest BCUT2D eigenvalue weighted by Gasteiger charge is 1.84. The number of unbranched alkanes of at least 4 members (excludes halogenated alkanes) is 2. The maximum absolute atomic E-state index is 10.2. The third-order valence-corrected chi connectivity index (χ3v) is 1.11. The monoisotopic (exact) mass is 154 g/mol. The molecule has 0 saturated heterocycles. The van der Waals surface area contributed by atoms with E-state index in [0.29, 0.717) is 0 Å². The number of ether oxygens (including phenoxy) is 1. The Morgan fingerprint density at radius 3 is 2.82 bits per heavy atom. The van der Waals surface area contributed by atoms with Crippen LogP contribution in [0.25, 0.3) is 0 Å². The smallest absolute Gasteiger partial charge is 0.307 e. The first-order valence-corrected chi connectivity index (χ1v) is 3.70. The van der Waals surface area contributed by atoms with Crippen molar-refractivity contribution < 1.29 is 9.53 Å². The molecule has 11 heavy (non-hydrogen) atoms. The van der Waals surface area contributed by atoms with Crippen LogP contribution in [-0.4, -0.2) is 5.97 Å². The zero-order valence-corrected chi connectivity index (χ0v) is 6.88. The van der Waals surface area contributed by atoms with Crippen molar-refractivity contribution in [2.45, 2.75) is 26.2 Å². The quantitative estimate of drug-likeness (QED) is 0.263. The maximum atomic E-state index is 10.2. The van der Waals surface area contributed by atoms with E-state index in [1.807, 2.05) is 12.2 Å². The van der Waals surface area contributed by atoms with E-state index in [4.69, 9.17) is 0 Å². The zero-order valence-electron chi connectivity index (χ0n) is 6.88. The first kappa shape index (κ1) is 9.95. The first-order valence-electron chi connectivity index (χ1n) is 3.70. The molecule has 0 rings (SSSR count). The molecule has 2 heteroatoms. The highest BCUT2D eigenvalue weighted by Crippen LogP contribution is 1.96. The second-order valence-corrected chi connectivity index (χ2v) is 2.20. The van der Waals surface area contributed by atoms with Gasteiger partial charge in [0.1, 0.15) is 0 Å². The third-order valence-electron chi connectivity index (χ3n) is 1.11. The fourth-order valence-corrected chi connectivity index (χ4v) is 0.592. The van der Waals surface area contributed by atoms with Crippen molar-refractivity contribution in [1.29, 1.82) is 0 Å². The van der Waals surface area contributed by atoms with Gasteiger partial charge in [-0.15, -0.1) is 6.58 Å². The van der Waals surface area contributed by atoms with Gasteiger partial charge in [0.15, 0.2) is 0 Å². The minimum Gasteiger partial charge on any atom is -0.435 e. The zero-order chi connectivity index (χ0) is 8.53.